The molecule has 18 heavy (non-hydrogen) atoms. The standard InChI is InChI=1S/C14H10Cl2N2/c1-9-5-7-18-14(11(9)4-6-17)12-3-2-10(15)8-13(12)16/h2-3,5,7-8H,4H2,1H3. The summed E-state index contributed by atoms with van der Waals surface area (Å²) in [4.78, 5) is 4.34. The Morgan fingerprint density at radius 1 is 1.28 bits per heavy atom. The molecule has 0 aliphatic heterocycles. The molecule has 1 aromatic heterocycles. The Balaban J connectivity index is 2.64. The molecule has 2 nitrogen and oxygen atoms in total. The zero-order chi connectivity index (χ0) is 13.1. The number of benzene rings is 1. The molecular formula is C14H10Cl2N2. The summed E-state index contributed by atoms with van der Waals surface area (Å²) in [6.45, 7) is 1.96. The Bertz CT molecular complexity index is 630. The Morgan fingerprint density at radius 2 is 2.06 bits per heavy atom. The minimum atomic E-state index is 0.313. The highest BCUT2D eigenvalue weighted by molar-refractivity contribution is 6.36. The highest BCUT2D eigenvalue weighted by Gasteiger charge is 2.12. The second kappa shape index (κ2) is 5.39. The van der Waals surface area contributed by atoms with Gasteiger partial charge in [-0.05, 0) is 42.3 Å². The number of aryl methyl sites for hydroxylation is 1. The van der Waals surface area contributed by atoms with Crippen LogP contribution in [0, 0.1) is 18.3 Å². The van der Waals surface area contributed by atoms with Crippen LogP contribution in [0.2, 0.25) is 10.0 Å². The summed E-state index contributed by atoms with van der Waals surface area (Å²) in [5.41, 5.74) is 3.49. The topological polar surface area (TPSA) is 36.7 Å². The molecule has 0 aliphatic rings. The average molecular weight is 277 g/mol. The Kier molecular flexibility index (Phi) is 3.86. The number of halogens is 2. The highest BCUT2D eigenvalue weighted by atomic mass is 35.5. The first kappa shape index (κ1) is 12.9. The molecule has 0 amide bonds. The number of pyridine rings is 1. The quantitative estimate of drug-likeness (QED) is 0.814. The molecule has 0 N–H and O–H groups in total. The van der Waals surface area contributed by atoms with Crippen molar-refractivity contribution in [3.8, 4) is 17.3 Å². The van der Waals surface area contributed by atoms with Gasteiger partial charge in [-0.15, -0.1) is 0 Å². The lowest BCUT2D eigenvalue weighted by molar-refractivity contribution is 1.15. The van der Waals surface area contributed by atoms with Crippen LogP contribution < -0.4 is 0 Å². The largest absolute Gasteiger partial charge is 0.256 e. The second-order valence-corrected chi connectivity index (χ2v) is 4.76. The van der Waals surface area contributed by atoms with Crippen molar-refractivity contribution in [2.75, 3.05) is 0 Å². The molecule has 0 saturated heterocycles. The number of hydrogen-bond acceptors (Lipinski definition) is 2. The lowest BCUT2D eigenvalue weighted by atomic mass is 10.00. The van der Waals surface area contributed by atoms with Crippen molar-refractivity contribution in [2.45, 2.75) is 13.3 Å². The number of nitrogens with zero attached hydrogens (tertiary/aromatic N) is 2. The fraction of sp³-hybridized carbons (Fsp3) is 0.143. The van der Waals surface area contributed by atoms with Gasteiger partial charge in [0.2, 0.25) is 0 Å². The molecule has 0 aliphatic carbocycles. The van der Waals surface area contributed by atoms with E-state index in [1.54, 1.807) is 18.3 Å². The zero-order valence-electron chi connectivity index (χ0n) is 9.74. The summed E-state index contributed by atoms with van der Waals surface area (Å²) < 4.78 is 0. The minimum absolute atomic E-state index is 0.313. The van der Waals surface area contributed by atoms with Gasteiger partial charge in [-0.3, -0.25) is 4.98 Å². The molecule has 4 heteroatoms. The van der Waals surface area contributed by atoms with Gasteiger partial charge in [-0.2, -0.15) is 5.26 Å². The van der Waals surface area contributed by atoms with Gasteiger partial charge in [-0.1, -0.05) is 23.2 Å². The summed E-state index contributed by atoms with van der Waals surface area (Å²) in [7, 11) is 0. The molecular weight excluding hydrogens is 267 g/mol. The molecule has 0 saturated carbocycles. The maximum absolute atomic E-state index is 8.90. The van der Waals surface area contributed by atoms with Crippen LogP contribution in [0.25, 0.3) is 11.3 Å². The molecule has 0 atom stereocenters. The van der Waals surface area contributed by atoms with E-state index in [4.69, 9.17) is 28.5 Å². The molecule has 1 aromatic carbocycles. The smallest absolute Gasteiger partial charge is 0.0762 e. The van der Waals surface area contributed by atoms with Crippen molar-refractivity contribution in [1.82, 2.24) is 4.98 Å². The third-order valence-corrected chi connectivity index (χ3v) is 3.28. The van der Waals surface area contributed by atoms with Gasteiger partial charge in [0.15, 0.2) is 0 Å². The average Bonchev–Trinajstić information content (AvgIpc) is 2.32. The first-order valence-corrected chi connectivity index (χ1v) is 6.16. The van der Waals surface area contributed by atoms with Crippen molar-refractivity contribution in [1.29, 1.82) is 5.26 Å². The molecule has 0 fully saturated rings. The maximum atomic E-state index is 8.90. The molecule has 0 radical (unpaired) electrons. The van der Waals surface area contributed by atoms with E-state index in [1.807, 2.05) is 19.1 Å². The molecule has 2 rings (SSSR count). The SMILES string of the molecule is Cc1ccnc(-c2ccc(Cl)cc2Cl)c1CC#N. The monoisotopic (exact) mass is 276 g/mol. The van der Waals surface area contributed by atoms with Gasteiger partial charge in [0.05, 0.1) is 23.2 Å². The molecule has 0 unspecified atom stereocenters. The third-order valence-electron chi connectivity index (χ3n) is 2.73. The minimum Gasteiger partial charge on any atom is -0.256 e. The fourth-order valence-corrected chi connectivity index (χ4v) is 2.30. The Morgan fingerprint density at radius 3 is 2.72 bits per heavy atom. The summed E-state index contributed by atoms with van der Waals surface area (Å²) >= 11 is 12.1. The summed E-state index contributed by atoms with van der Waals surface area (Å²) in [6, 6.07) is 9.32. The van der Waals surface area contributed by atoms with Crippen LogP contribution in [-0.2, 0) is 6.42 Å². The van der Waals surface area contributed by atoms with Gasteiger partial charge in [-0.25, -0.2) is 0 Å². The van der Waals surface area contributed by atoms with Crippen molar-refractivity contribution in [2.24, 2.45) is 0 Å². The summed E-state index contributed by atoms with van der Waals surface area (Å²) in [5.74, 6) is 0. The Labute approximate surface area is 116 Å². The van der Waals surface area contributed by atoms with Gasteiger partial charge < -0.3 is 0 Å². The molecule has 2 aromatic rings. The molecule has 1 heterocycles. The van der Waals surface area contributed by atoms with Crippen molar-refractivity contribution >= 4 is 23.2 Å². The predicted molar refractivity (Wildman–Crippen MR) is 73.7 cm³/mol. The van der Waals surface area contributed by atoms with E-state index < -0.39 is 0 Å². The van der Waals surface area contributed by atoms with Crippen LogP contribution in [0.5, 0.6) is 0 Å². The van der Waals surface area contributed by atoms with E-state index in [9.17, 15) is 0 Å². The van der Waals surface area contributed by atoms with Crippen LogP contribution in [0.3, 0.4) is 0 Å². The van der Waals surface area contributed by atoms with Crippen molar-refractivity contribution < 1.29 is 0 Å². The number of nitriles is 1. The van der Waals surface area contributed by atoms with Gasteiger partial charge >= 0.3 is 0 Å². The maximum Gasteiger partial charge on any atom is 0.0762 e. The van der Waals surface area contributed by atoms with Crippen LogP contribution >= 0.6 is 23.2 Å². The number of hydrogen-bond donors (Lipinski definition) is 0. The lowest BCUT2D eigenvalue weighted by Gasteiger charge is -2.10. The van der Waals surface area contributed by atoms with E-state index >= 15 is 0 Å². The van der Waals surface area contributed by atoms with Crippen LogP contribution in [-0.4, -0.2) is 4.98 Å². The Hall–Kier alpha value is -1.56. The first-order chi connectivity index (χ1) is 8.63. The van der Waals surface area contributed by atoms with E-state index in [1.165, 1.54) is 0 Å². The van der Waals surface area contributed by atoms with Crippen LogP contribution in [0.4, 0.5) is 0 Å². The van der Waals surface area contributed by atoms with Crippen LogP contribution in [0.15, 0.2) is 30.5 Å². The number of aromatic nitrogens is 1. The fourth-order valence-electron chi connectivity index (χ4n) is 1.80. The predicted octanol–water partition coefficient (Wildman–Crippen LogP) is 4.43. The normalized spacial score (nSPS) is 10.1. The van der Waals surface area contributed by atoms with Crippen molar-refractivity contribution in [3.63, 3.8) is 0 Å². The van der Waals surface area contributed by atoms with Crippen LogP contribution in [0.1, 0.15) is 11.1 Å². The summed E-state index contributed by atoms with van der Waals surface area (Å²) in [6.07, 6.45) is 2.03. The van der Waals surface area contributed by atoms with Gasteiger partial charge in [0.1, 0.15) is 0 Å². The zero-order valence-corrected chi connectivity index (χ0v) is 11.3. The van der Waals surface area contributed by atoms with E-state index in [-0.39, 0.29) is 0 Å². The van der Waals surface area contributed by atoms with Gasteiger partial charge in [0.25, 0.3) is 0 Å². The molecule has 90 valence electrons. The van der Waals surface area contributed by atoms with E-state index in [0.717, 1.165) is 22.4 Å². The van der Waals surface area contributed by atoms with Gasteiger partial charge in [0, 0.05) is 16.8 Å². The molecule has 0 bridgehead atoms. The summed E-state index contributed by atoms with van der Waals surface area (Å²) in [5, 5.41) is 10.0. The lowest BCUT2D eigenvalue weighted by Crippen LogP contribution is -1.96. The third kappa shape index (κ3) is 2.48. The first-order valence-electron chi connectivity index (χ1n) is 5.40. The second-order valence-electron chi connectivity index (χ2n) is 3.91. The number of rotatable bonds is 2. The highest BCUT2D eigenvalue weighted by Crippen LogP contribution is 2.32. The van der Waals surface area contributed by atoms with Crippen molar-refractivity contribution in [3.05, 3.63) is 51.6 Å². The van der Waals surface area contributed by atoms with E-state index in [2.05, 4.69) is 11.1 Å². The molecule has 0 spiro atoms. The van der Waals surface area contributed by atoms with E-state index in [0.29, 0.717) is 16.5 Å².